The number of hydrogen-bond acceptors (Lipinski definition) is 4. The molecule has 18 heavy (non-hydrogen) atoms. The summed E-state index contributed by atoms with van der Waals surface area (Å²) >= 11 is 0. The Balaban J connectivity index is 2.96. The van der Waals surface area contributed by atoms with Crippen molar-refractivity contribution in [2.24, 2.45) is 0 Å². The first-order valence-electron chi connectivity index (χ1n) is 4.94. The van der Waals surface area contributed by atoms with Crippen molar-refractivity contribution < 1.29 is 32.9 Å². The van der Waals surface area contributed by atoms with Crippen molar-refractivity contribution in [1.82, 2.24) is 0 Å². The molecule has 0 aliphatic rings. The van der Waals surface area contributed by atoms with Crippen LogP contribution in [0.1, 0.15) is 18.1 Å². The van der Waals surface area contributed by atoms with Crippen molar-refractivity contribution in [3.05, 3.63) is 35.1 Å². The quantitative estimate of drug-likeness (QED) is 0.798. The van der Waals surface area contributed by atoms with Gasteiger partial charge in [0.05, 0.1) is 25.2 Å². The maximum absolute atomic E-state index is 13.3. The van der Waals surface area contributed by atoms with E-state index in [0.29, 0.717) is 12.1 Å². The van der Waals surface area contributed by atoms with Crippen LogP contribution in [0.2, 0.25) is 0 Å². The third-order valence-electron chi connectivity index (χ3n) is 2.31. The summed E-state index contributed by atoms with van der Waals surface area (Å²) < 4.78 is 43.4. The highest BCUT2D eigenvalue weighted by Gasteiger charge is 2.27. The molecule has 0 aromatic heterocycles. The standard InChI is InChI=1S/C11H11F3O4/c1-18-9(16)4-8(15)11(17)10-6(13)2-5(12)3-7(10)14/h2-3,8,11,15,17H,4H2,1H3. The largest absolute Gasteiger partial charge is 0.469 e. The van der Waals surface area contributed by atoms with Gasteiger partial charge in [0.15, 0.2) is 0 Å². The normalized spacial score (nSPS) is 14.1. The fourth-order valence-corrected chi connectivity index (χ4v) is 1.39. The van der Waals surface area contributed by atoms with Gasteiger partial charge in [-0.15, -0.1) is 0 Å². The van der Waals surface area contributed by atoms with Crippen LogP contribution in [0.25, 0.3) is 0 Å². The molecule has 0 fully saturated rings. The highest BCUT2D eigenvalue weighted by molar-refractivity contribution is 5.69. The van der Waals surface area contributed by atoms with E-state index < -0.39 is 47.6 Å². The summed E-state index contributed by atoms with van der Waals surface area (Å²) in [5, 5.41) is 18.9. The number of carbonyl (C=O) groups is 1. The maximum atomic E-state index is 13.3. The molecule has 0 aliphatic heterocycles. The molecule has 1 aromatic rings. The molecule has 2 N–H and O–H groups in total. The first-order valence-corrected chi connectivity index (χ1v) is 4.94. The van der Waals surface area contributed by atoms with Crippen LogP contribution in [0.15, 0.2) is 12.1 Å². The number of rotatable bonds is 4. The molecule has 2 atom stereocenters. The van der Waals surface area contributed by atoms with Crippen LogP contribution in [-0.4, -0.2) is 29.4 Å². The van der Waals surface area contributed by atoms with E-state index in [0.717, 1.165) is 7.11 Å². The summed E-state index contributed by atoms with van der Waals surface area (Å²) in [5.41, 5.74) is -0.896. The average molecular weight is 264 g/mol. The number of aliphatic hydroxyl groups is 2. The van der Waals surface area contributed by atoms with Crippen LogP contribution in [-0.2, 0) is 9.53 Å². The van der Waals surface area contributed by atoms with Gasteiger partial charge in [0.1, 0.15) is 23.6 Å². The van der Waals surface area contributed by atoms with Crippen molar-refractivity contribution in [3.8, 4) is 0 Å². The van der Waals surface area contributed by atoms with Gasteiger partial charge in [0.2, 0.25) is 0 Å². The van der Waals surface area contributed by atoms with Gasteiger partial charge in [-0.05, 0) is 0 Å². The first-order chi connectivity index (χ1) is 8.36. The number of methoxy groups -OCH3 is 1. The van der Waals surface area contributed by atoms with Crippen LogP contribution >= 0.6 is 0 Å². The number of hydrogen-bond donors (Lipinski definition) is 2. The van der Waals surface area contributed by atoms with E-state index in [4.69, 9.17) is 0 Å². The van der Waals surface area contributed by atoms with Crippen molar-refractivity contribution in [3.63, 3.8) is 0 Å². The minimum absolute atomic E-state index is 0.368. The summed E-state index contributed by atoms with van der Waals surface area (Å²) in [5.74, 6) is -4.69. The summed E-state index contributed by atoms with van der Waals surface area (Å²) in [4.78, 5) is 10.8. The number of carbonyl (C=O) groups excluding carboxylic acids is 1. The van der Waals surface area contributed by atoms with Crippen molar-refractivity contribution in [2.75, 3.05) is 7.11 Å². The number of benzene rings is 1. The van der Waals surface area contributed by atoms with E-state index >= 15 is 0 Å². The van der Waals surface area contributed by atoms with Gasteiger partial charge in [-0.1, -0.05) is 0 Å². The van der Waals surface area contributed by atoms with Crippen molar-refractivity contribution in [2.45, 2.75) is 18.6 Å². The lowest BCUT2D eigenvalue weighted by Crippen LogP contribution is -2.24. The van der Waals surface area contributed by atoms with Gasteiger partial charge in [-0.3, -0.25) is 4.79 Å². The van der Waals surface area contributed by atoms with Crippen molar-refractivity contribution in [1.29, 1.82) is 0 Å². The molecule has 4 nitrogen and oxygen atoms in total. The number of aliphatic hydroxyl groups excluding tert-OH is 2. The van der Waals surface area contributed by atoms with E-state index in [1.165, 1.54) is 0 Å². The Morgan fingerprint density at radius 2 is 1.78 bits per heavy atom. The topological polar surface area (TPSA) is 66.8 Å². The monoisotopic (exact) mass is 264 g/mol. The zero-order valence-corrected chi connectivity index (χ0v) is 9.36. The van der Waals surface area contributed by atoms with Gasteiger partial charge in [-0.2, -0.15) is 0 Å². The van der Waals surface area contributed by atoms with Gasteiger partial charge in [0, 0.05) is 12.1 Å². The van der Waals surface area contributed by atoms with Gasteiger partial charge in [0.25, 0.3) is 0 Å². The van der Waals surface area contributed by atoms with E-state index in [2.05, 4.69) is 4.74 Å². The van der Waals surface area contributed by atoms with Crippen LogP contribution in [0, 0.1) is 17.5 Å². The predicted molar refractivity (Wildman–Crippen MR) is 53.9 cm³/mol. The fourth-order valence-electron chi connectivity index (χ4n) is 1.39. The summed E-state index contributed by atoms with van der Waals surface area (Å²) in [6.45, 7) is 0. The minimum atomic E-state index is -2.00. The molecule has 0 heterocycles. The second-order valence-corrected chi connectivity index (χ2v) is 3.58. The molecule has 0 saturated carbocycles. The molecular formula is C11H11F3O4. The minimum Gasteiger partial charge on any atom is -0.469 e. The number of ether oxygens (including phenoxy) is 1. The zero-order valence-electron chi connectivity index (χ0n) is 9.36. The molecule has 100 valence electrons. The van der Waals surface area contributed by atoms with Crippen LogP contribution < -0.4 is 0 Å². The maximum Gasteiger partial charge on any atom is 0.308 e. The molecule has 2 unspecified atom stereocenters. The highest BCUT2D eigenvalue weighted by atomic mass is 19.1. The third-order valence-corrected chi connectivity index (χ3v) is 2.31. The highest BCUT2D eigenvalue weighted by Crippen LogP contribution is 2.25. The molecule has 0 amide bonds. The van der Waals surface area contributed by atoms with E-state index in [9.17, 15) is 28.2 Å². The van der Waals surface area contributed by atoms with E-state index in [1.54, 1.807) is 0 Å². The molecule has 7 heteroatoms. The molecule has 0 bridgehead atoms. The summed E-state index contributed by atoms with van der Waals surface area (Å²) in [6.07, 6.45) is -4.40. The predicted octanol–water partition coefficient (Wildman–Crippen LogP) is 1.06. The lowest BCUT2D eigenvalue weighted by atomic mass is 10.0. The Bertz CT molecular complexity index is 427. The molecule has 0 radical (unpaired) electrons. The molecule has 0 spiro atoms. The fraction of sp³-hybridized carbons (Fsp3) is 0.364. The van der Waals surface area contributed by atoms with E-state index in [1.807, 2.05) is 0 Å². The molecular weight excluding hydrogens is 253 g/mol. The van der Waals surface area contributed by atoms with Crippen molar-refractivity contribution >= 4 is 5.97 Å². The van der Waals surface area contributed by atoms with Crippen LogP contribution in [0.5, 0.6) is 0 Å². The molecule has 0 aliphatic carbocycles. The first kappa shape index (κ1) is 14.5. The van der Waals surface area contributed by atoms with Gasteiger partial charge < -0.3 is 14.9 Å². The zero-order chi connectivity index (χ0) is 13.9. The SMILES string of the molecule is COC(=O)CC(O)C(O)c1c(F)cc(F)cc1F. The average Bonchev–Trinajstić information content (AvgIpc) is 2.27. The smallest absolute Gasteiger partial charge is 0.308 e. The Labute approximate surface area is 101 Å². The second kappa shape index (κ2) is 5.83. The number of halogens is 3. The van der Waals surface area contributed by atoms with Crippen LogP contribution in [0.4, 0.5) is 13.2 Å². The lowest BCUT2D eigenvalue weighted by Gasteiger charge is -2.18. The summed E-state index contributed by atoms with van der Waals surface area (Å²) in [7, 11) is 1.06. The second-order valence-electron chi connectivity index (χ2n) is 3.58. The molecule has 0 saturated heterocycles. The summed E-state index contributed by atoms with van der Waals surface area (Å²) in [6, 6.07) is 0.735. The van der Waals surface area contributed by atoms with E-state index in [-0.39, 0.29) is 0 Å². The van der Waals surface area contributed by atoms with Crippen LogP contribution in [0.3, 0.4) is 0 Å². The number of esters is 1. The van der Waals surface area contributed by atoms with Gasteiger partial charge >= 0.3 is 5.97 Å². The Kier molecular flexibility index (Phi) is 4.69. The Morgan fingerprint density at radius 3 is 2.22 bits per heavy atom. The third kappa shape index (κ3) is 3.21. The lowest BCUT2D eigenvalue weighted by molar-refractivity contribution is -0.144. The van der Waals surface area contributed by atoms with Gasteiger partial charge in [-0.25, -0.2) is 13.2 Å². The molecule has 1 rings (SSSR count). The Morgan fingerprint density at radius 1 is 1.28 bits per heavy atom. The Hall–Kier alpha value is -1.60. The molecule has 1 aromatic carbocycles.